The van der Waals surface area contributed by atoms with Crippen LogP contribution in [0.3, 0.4) is 0 Å². The van der Waals surface area contributed by atoms with Crippen molar-refractivity contribution in [1.82, 2.24) is 25.1 Å². The van der Waals surface area contributed by atoms with E-state index in [-0.39, 0.29) is 5.91 Å². The van der Waals surface area contributed by atoms with Crippen molar-refractivity contribution in [2.24, 2.45) is 0 Å². The fourth-order valence-corrected chi connectivity index (χ4v) is 2.80. The van der Waals surface area contributed by atoms with Crippen molar-refractivity contribution in [2.45, 2.75) is 6.92 Å². The Morgan fingerprint density at radius 2 is 2.07 bits per heavy atom. The number of benzene rings is 1. The molecule has 148 valence electrons. The fraction of sp³-hybridized carbons (Fsp3) is 0.200. The highest BCUT2D eigenvalue weighted by molar-refractivity contribution is 6.03. The van der Waals surface area contributed by atoms with Crippen molar-refractivity contribution in [3.63, 3.8) is 0 Å². The minimum atomic E-state index is -0.291. The summed E-state index contributed by atoms with van der Waals surface area (Å²) in [6, 6.07) is 12.9. The molecule has 29 heavy (non-hydrogen) atoms. The zero-order valence-electron chi connectivity index (χ0n) is 15.9. The predicted molar refractivity (Wildman–Crippen MR) is 111 cm³/mol. The lowest BCUT2D eigenvalue weighted by Crippen LogP contribution is -2.14. The van der Waals surface area contributed by atoms with Gasteiger partial charge in [0.2, 0.25) is 0 Å². The average Bonchev–Trinajstić information content (AvgIpc) is 3.38. The summed E-state index contributed by atoms with van der Waals surface area (Å²) in [4.78, 5) is 24.4. The van der Waals surface area contributed by atoms with Gasteiger partial charge in [0.05, 0.1) is 23.2 Å². The first kappa shape index (κ1) is 18.6. The van der Waals surface area contributed by atoms with E-state index < -0.39 is 0 Å². The van der Waals surface area contributed by atoms with Crippen molar-refractivity contribution < 1.29 is 9.53 Å². The Bertz CT molecular complexity index is 1070. The number of pyridine rings is 1. The maximum absolute atomic E-state index is 12.4. The number of hydrogen-bond acceptors (Lipinski definition) is 6. The highest BCUT2D eigenvalue weighted by atomic mass is 16.5. The molecule has 0 saturated carbocycles. The van der Waals surface area contributed by atoms with Crippen LogP contribution in [-0.4, -0.2) is 50.8 Å². The molecule has 0 fully saturated rings. The summed E-state index contributed by atoms with van der Waals surface area (Å²) in [7, 11) is 0. The van der Waals surface area contributed by atoms with Crippen molar-refractivity contribution >= 4 is 28.6 Å². The van der Waals surface area contributed by atoms with Crippen LogP contribution in [0.4, 0.5) is 11.6 Å². The highest BCUT2D eigenvalue weighted by Crippen LogP contribution is 2.20. The number of H-pyrrole nitrogens is 2. The monoisotopic (exact) mass is 391 g/mol. The molecule has 0 unspecified atom stereocenters. The topological polar surface area (TPSA) is 121 Å². The molecule has 4 aromatic rings. The zero-order valence-corrected chi connectivity index (χ0v) is 15.9. The standard InChI is InChI=1S/C20H21N7O2/c1-2-29-10-9-21-17-8-7-13(12-22-17)20(28)25-18-11-16(26-27-18)19-23-14-5-3-4-6-15(14)24-19/h3-8,11-12H,2,9-10H2,1H3,(H,21,22)(H,23,24)(H2,25,26,27,28). The summed E-state index contributed by atoms with van der Waals surface area (Å²) in [5, 5.41) is 12.9. The number of nitrogens with zero attached hydrogens (tertiary/aromatic N) is 3. The van der Waals surface area contributed by atoms with E-state index in [1.54, 1.807) is 18.2 Å². The van der Waals surface area contributed by atoms with Gasteiger partial charge in [-0.15, -0.1) is 0 Å². The Labute approximate surface area is 166 Å². The third kappa shape index (κ3) is 4.41. The van der Waals surface area contributed by atoms with Crippen molar-refractivity contribution in [2.75, 3.05) is 30.4 Å². The first-order valence-electron chi connectivity index (χ1n) is 9.32. The number of amides is 1. The largest absolute Gasteiger partial charge is 0.380 e. The van der Waals surface area contributed by atoms with E-state index in [0.29, 0.717) is 48.5 Å². The quantitative estimate of drug-likeness (QED) is 0.343. The molecule has 3 heterocycles. The van der Waals surface area contributed by atoms with E-state index in [4.69, 9.17) is 4.74 Å². The smallest absolute Gasteiger partial charge is 0.258 e. The Balaban J connectivity index is 1.38. The molecule has 3 aromatic heterocycles. The number of aromatic nitrogens is 5. The van der Waals surface area contributed by atoms with Gasteiger partial charge in [-0.3, -0.25) is 9.89 Å². The summed E-state index contributed by atoms with van der Waals surface area (Å²) in [5.74, 6) is 1.46. The van der Waals surface area contributed by atoms with Gasteiger partial charge in [-0.05, 0) is 31.2 Å². The van der Waals surface area contributed by atoms with E-state index in [1.165, 1.54) is 6.20 Å². The molecule has 4 rings (SSSR count). The lowest BCUT2D eigenvalue weighted by molar-refractivity contribution is 0.102. The van der Waals surface area contributed by atoms with Crippen LogP contribution in [0.2, 0.25) is 0 Å². The Hall–Kier alpha value is -3.72. The number of hydrogen-bond donors (Lipinski definition) is 4. The number of para-hydroxylation sites is 2. The fourth-order valence-electron chi connectivity index (χ4n) is 2.80. The molecule has 9 heteroatoms. The molecule has 0 spiro atoms. The molecule has 1 amide bonds. The van der Waals surface area contributed by atoms with Crippen LogP contribution in [0.15, 0.2) is 48.7 Å². The number of imidazole rings is 1. The van der Waals surface area contributed by atoms with Gasteiger partial charge in [0, 0.05) is 25.4 Å². The van der Waals surface area contributed by atoms with E-state index in [9.17, 15) is 4.79 Å². The molecule has 0 saturated heterocycles. The van der Waals surface area contributed by atoms with Gasteiger partial charge in [0.25, 0.3) is 5.91 Å². The maximum Gasteiger partial charge on any atom is 0.258 e. The third-order valence-corrected chi connectivity index (χ3v) is 4.25. The molecule has 0 aliphatic heterocycles. The van der Waals surface area contributed by atoms with E-state index in [1.807, 2.05) is 31.2 Å². The lowest BCUT2D eigenvalue weighted by Gasteiger charge is -2.06. The Morgan fingerprint density at radius 1 is 1.17 bits per heavy atom. The summed E-state index contributed by atoms with van der Waals surface area (Å²) in [6.45, 7) is 3.89. The van der Waals surface area contributed by atoms with Crippen LogP contribution >= 0.6 is 0 Å². The molecule has 9 nitrogen and oxygen atoms in total. The van der Waals surface area contributed by atoms with E-state index >= 15 is 0 Å². The van der Waals surface area contributed by atoms with Crippen LogP contribution in [0.5, 0.6) is 0 Å². The van der Waals surface area contributed by atoms with Crippen molar-refractivity contribution in [1.29, 1.82) is 0 Å². The Kier molecular flexibility index (Phi) is 5.48. The number of carbonyl (C=O) groups excluding carboxylic acids is 1. The number of fused-ring (bicyclic) bond motifs is 1. The predicted octanol–water partition coefficient (Wildman–Crippen LogP) is 3.05. The van der Waals surface area contributed by atoms with Gasteiger partial charge < -0.3 is 20.4 Å². The number of carbonyl (C=O) groups is 1. The van der Waals surface area contributed by atoms with Gasteiger partial charge in [-0.2, -0.15) is 5.10 Å². The number of ether oxygens (including phenoxy) is 1. The second-order valence-electron chi connectivity index (χ2n) is 6.28. The lowest BCUT2D eigenvalue weighted by atomic mass is 10.2. The number of rotatable bonds is 8. The molecular weight excluding hydrogens is 370 g/mol. The summed E-state index contributed by atoms with van der Waals surface area (Å²) < 4.78 is 5.26. The molecular formula is C20H21N7O2. The average molecular weight is 391 g/mol. The first-order valence-corrected chi connectivity index (χ1v) is 9.32. The Morgan fingerprint density at radius 3 is 2.86 bits per heavy atom. The van der Waals surface area contributed by atoms with Gasteiger partial charge in [0.15, 0.2) is 11.6 Å². The number of anilines is 2. The minimum absolute atomic E-state index is 0.291. The maximum atomic E-state index is 12.4. The molecule has 0 atom stereocenters. The molecule has 0 radical (unpaired) electrons. The molecule has 0 bridgehead atoms. The molecule has 1 aromatic carbocycles. The highest BCUT2D eigenvalue weighted by Gasteiger charge is 2.12. The number of nitrogens with one attached hydrogen (secondary N) is 4. The molecule has 0 aliphatic carbocycles. The first-order chi connectivity index (χ1) is 14.2. The van der Waals surface area contributed by atoms with Gasteiger partial charge >= 0.3 is 0 Å². The van der Waals surface area contributed by atoms with Gasteiger partial charge in [-0.1, -0.05) is 12.1 Å². The normalized spacial score (nSPS) is 10.9. The molecule has 4 N–H and O–H groups in total. The molecule has 0 aliphatic rings. The zero-order chi connectivity index (χ0) is 20.1. The third-order valence-electron chi connectivity index (χ3n) is 4.25. The van der Waals surface area contributed by atoms with Crippen LogP contribution in [0, 0.1) is 0 Å². The van der Waals surface area contributed by atoms with Crippen molar-refractivity contribution in [3.05, 3.63) is 54.2 Å². The van der Waals surface area contributed by atoms with Gasteiger partial charge in [0.1, 0.15) is 11.5 Å². The van der Waals surface area contributed by atoms with Gasteiger partial charge in [-0.25, -0.2) is 9.97 Å². The second-order valence-corrected chi connectivity index (χ2v) is 6.28. The van der Waals surface area contributed by atoms with E-state index in [0.717, 1.165) is 11.0 Å². The summed E-state index contributed by atoms with van der Waals surface area (Å²) in [6.07, 6.45) is 1.52. The SMILES string of the molecule is CCOCCNc1ccc(C(=O)Nc2cc(-c3nc4ccccc4[nH]3)[nH]n2)cn1. The summed E-state index contributed by atoms with van der Waals surface area (Å²) >= 11 is 0. The summed E-state index contributed by atoms with van der Waals surface area (Å²) in [5.41, 5.74) is 2.92. The second kappa shape index (κ2) is 8.53. The number of aromatic amines is 2. The minimum Gasteiger partial charge on any atom is -0.380 e. The van der Waals surface area contributed by atoms with Crippen LogP contribution in [-0.2, 0) is 4.74 Å². The van der Waals surface area contributed by atoms with Crippen LogP contribution < -0.4 is 10.6 Å². The van der Waals surface area contributed by atoms with Crippen molar-refractivity contribution in [3.8, 4) is 11.5 Å². The van der Waals surface area contributed by atoms with E-state index in [2.05, 4.69) is 35.8 Å². The van der Waals surface area contributed by atoms with Crippen LogP contribution in [0.25, 0.3) is 22.6 Å². The van der Waals surface area contributed by atoms with Crippen LogP contribution in [0.1, 0.15) is 17.3 Å².